The van der Waals surface area contributed by atoms with Gasteiger partial charge in [0, 0.05) is 0 Å². The van der Waals surface area contributed by atoms with E-state index in [1.165, 1.54) is 0 Å². The topological polar surface area (TPSA) is 193 Å². The fourth-order valence-corrected chi connectivity index (χ4v) is 1.00. The highest BCUT2D eigenvalue weighted by atomic mass is 32.3. The summed E-state index contributed by atoms with van der Waals surface area (Å²) in [6.07, 6.45) is 1.82. The lowest BCUT2D eigenvalue weighted by Gasteiger charge is -2.13. The number of carbonyl (C=O) groups excluding carboxylic acids is 1. The molecule has 0 fully saturated rings. The van der Waals surface area contributed by atoms with Gasteiger partial charge in [-0.05, 0) is 25.8 Å². The summed E-state index contributed by atoms with van der Waals surface area (Å²) in [6, 6.07) is -0.849. The van der Waals surface area contributed by atoms with E-state index in [1.807, 2.05) is 0 Å². The molecule has 0 aromatic heterocycles. The average Bonchev–Trinajstić information content (AvgIpc) is 2.25. The predicted molar refractivity (Wildman–Crippen MR) is 65.7 cm³/mol. The van der Waals surface area contributed by atoms with Crippen molar-refractivity contribution < 1.29 is 32.2 Å². The first-order chi connectivity index (χ1) is 8.61. The number of hydrogen-bond donors (Lipinski definition) is 6. The van der Waals surface area contributed by atoms with E-state index in [-0.39, 0.29) is 6.54 Å². The third kappa shape index (κ3) is 19.3. The number of carboxylic acids is 1. The first kappa shape index (κ1) is 20.1. The molecular weight excluding hydrogens is 282 g/mol. The van der Waals surface area contributed by atoms with Gasteiger partial charge in [-0.25, -0.2) is 4.79 Å². The largest absolute Gasteiger partial charge is 0.480 e. The maximum atomic E-state index is 10.8. The third-order valence-electron chi connectivity index (χ3n) is 1.77. The Morgan fingerprint density at radius 2 is 1.63 bits per heavy atom. The molecule has 0 heterocycles. The highest BCUT2D eigenvalue weighted by molar-refractivity contribution is 7.79. The Labute approximate surface area is 110 Å². The van der Waals surface area contributed by atoms with Gasteiger partial charge in [-0.1, -0.05) is 0 Å². The van der Waals surface area contributed by atoms with Gasteiger partial charge in [-0.2, -0.15) is 8.42 Å². The zero-order valence-electron chi connectivity index (χ0n) is 10.2. The van der Waals surface area contributed by atoms with Crippen molar-refractivity contribution in [1.29, 1.82) is 0 Å². The molecule has 0 aromatic rings. The van der Waals surface area contributed by atoms with E-state index in [4.69, 9.17) is 34.1 Å². The van der Waals surface area contributed by atoms with Crippen LogP contribution in [-0.2, 0) is 20.0 Å². The molecule has 0 spiro atoms. The second-order valence-corrected chi connectivity index (χ2v) is 4.29. The Hall–Kier alpha value is -1.27. The van der Waals surface area contributed by atoms with Crippen LogP contribution in [0.5, 0.6) is 0 Å². The maximum Gasteiger partial charge on any atom is 0.394 e. The van der Waals surface area contributed by atoms with Crippen molar-refractivity contribution in [2.45, 2.75) is 25.3 Å². The molecule has 0 aliphatic rings. The quantitative estimate of drug-likeness (QED) is 0.227. The number of nitrogens with two attached hydrogens (primary N) is 2. The Morgan fingerprint density at radius 3 is 1.95 bits per heavy atom. The lowest BCUT2D eigenvalue weighted by Crippen LogP contribution is -2.43. The number of rotatable bonds is 7. The zero-order chi connectivity index (χ0) is 15.5. The summed E-state index contributed by atoms with van der Waals surface area (Å²) in [5.41, 5.74) is 10.3. The van der Waals surface area contributed by atoms with Gasteiger partial charge < -0.3 is 21.9 Å². The fourth-order valence-electron chi connectivity index (χ4n) is 1.00. The zero-order valence-corrected chi connectivity index (χ0v) is 11.0. The number of aliphatic carboxylic acids is 1. The van der Waals surface area contributed by atoms with Gasteiger partial charge >= 0.3 is 16.4 Å². The number of carbonyl (C=O) groups is 2. The van der Waals surface area contributed by atoms with E-state index in [0.29, 0.717) is 19.4 Å². The molecule has 1 amide bonds. The Bertz CT molecular complexity index is 363. The highest BCUT2D eigenvalue weighted by Crippen LogP contribution is 2.00. The van der Waals surface area contributed by atoms with Crippen LogP contribution in [0.25, 0.3) is 0 Å². The van der Waals surface area contributed by atoms with Crippen molar-refractivity contribution in [2.24, 2.45) is 11.5 Å². The molecule has 10 nitrogen and oxygen atoms in total. The van der Waals surface area contributed by atoms with Gasteiger partial charge in [0.15, 0.2) is 0 Å². The van der Waals surface area contributed by atoms with Crippen LogP contribution in [0.1, 0.15) is 19.3 Å². The smallest absolute Gasteiger partial charge is 0.394 e. The summed E-state index contributed by atoms with van der Waals surface area (Å²) < 4.78 is 31.6. The normalized spacial score (nSPS) is 12.0. The minimum Gasteiger partial charge on any atom is -0.480 e. The molecule has 0 aliphatic heterocycles. The van der Waals surface area contributed by atoms with E-state index in [1.54, 1.807) is 0 Å². The standard InChI is InChI=1S/C8H17N3O3.H2O4S/c9-4-2-1-3-6(8(13)14)11-7(12)5-10;1-5(2,3)4/h6H,1-5,9-10H2,(H,11,12)(H,13,14);(H2,1,2,3,4). The average molecular weight is 301 g/mol. The maximum absolute atomic E-state index is 10.8. The Kier molecular flexibility index (Phi) is 11.2. The van der Waals surface area contributed by atoms with Crippen LogP contribution in [0, 0.1) is 0 Å². The molecular formula is C8H19N3O7S. The van der Waals surface area contributed by atoms with E-state index in [0.717, 1.165) is 6.42 Å². The van der Waals surface area contributed by atoms with Gasteiger partial charge in [-0.3, -0.25) is 13.9 Å². The fraction of sp³-hybridized carbons (Fsp3) is 0.750. The first-order valence-electron chi connectivity index (χ1n) is 5.24. The second kappa shape index (κ2) is 10.6. The summed E-state index contributed by atoms with van der Waals surface area (Å²) in [6.45, 7) is 0.331. The van der Waals surface area contributed by atoms with Crippen molar-refractivity contribution >= 4 is 22.3 Å². The summed E-state index contributed by atoms with van der Waals surface area (Å²) in [5, 5.41) is 11.1. The lowest BCUT2D eigenvalue weighted by molar-refractivity contribution is -0.141. The molecule has 114 valence electrons. The monoisotopic (exact) mass is 301 g/mol. The van der Waals surface area contributed by atoms with Gasteiger partial charge in [0.2, 0.25) is 5.91 Å². The van der Waals surface area contributed by atoms with Crippen molar-refractivity contribution in [2.75, 3.05) is 13.1 Å². The van der Waals surface area contributed by atoms with Crippen LogP contribution in [-0.4, -0.2) is 53.6 Å². The van der Waals surface area contributed by atoms with Crippen LogP contribution in [0.15, 0.2) is 0 Å². The molecule has 0 saturated heterocycles. The van der Waals surface area contributed by atoms with Gasteiger partial charge in [0.05, 0.1) is 6.54 Å². The Morgan fingerprint density at radius 1 is 1.16 bits per heavy atom. The highest BCUT2D eigenvalue weighted by Gasteiger charge is 2.18. The number of unbranched alkanes of at least 4 members (excludes halogenated alkanes) is 1. The number of amides is 1. The molecule has 0 aliphatic carbocycles. The molecule has 0 aromatic carbocycles. The number of nitrogens with one attached hydrogen (secondary N) is 1. The van der Waals surface area contributed by atoms with Crippen molar-refractivity contribution in [3.63, 3.8) is 0 Å². The molecule has 11 heteroatoms. The van der Waals surface area contributed by atoms with E-state index in [2.05, 4.69) is 5.32 Å². The first-order valence-corrected chi connectivity index (χ1v) is 6.63. The molecule has 0 bridgehead atoms. The number of hydrogen-bond acceptors (Lipinski definition) is 6. The third-order valence-corrected chi connectivity index (χ3v) is 1.77. The predicted octanol–water partition coefficient (Wildman–Crippen LogP) is -2.01. The van der Waals surface area contributed by atoms with Crippen LogP contribution in [0.3, 0.4) is 0 Å². The van der Waals surface area contributed by atoms with Gasteiger partial charge in [0.25, 0.3) is 0 Å². The van der Waals surface area contributed by atoms with Crippen LogP contribution >= 0.6 is 0 Å². The molecule has 1 atom stereocenters. The van der Waals surface area contributed by atoms with Gasteiger partial charge in [-0.15, -0.1) is 0 Å². The molecule has 1 unspecified atom stereocenters. The van der Waals surface area contributed by atoms with E-state index in [9.17, 15) is 9.59 Å². The second-order valence-electron chi connectivity index (χ2n) is 3.39. The summed E-state index contributed by atoms with van der Waals surface area (Å²) >= 11 is 0. The van der Waals surface area contributed by atoms with Crippen LogP contribution in [0.4, 0.5) is 0 Å². The minimum absolute atomic E-state index is 0.194. The van der Waals surface area contributed by atoms with Gasteiger partial charge in [0.1, 0.15) is 6.04 Å². The minimum atomic E-state index is -4.67. The SMILES string of the molecule is NCCCCC(NC(=O)CN)C(=O)O.O=S(=O)(O)O. The molecule has 0 rings (SSSR count). The summed E-state index contributed by atoms with van der Waals surface area (Å²) in [7, 11) is -4.67. The summed E-state index contributed by atoms with van der Waals surface area (Å²) in [5.74, 6) is -1.49. The molecule has 19 heavy (non-hydrogen) atoms. The van der Waals surface area contributed by atoms with Crippen molar-refractivity contribution in [1.82, 2.24) is 5.32 Å². The Balaban J connectivity index is 0. The summed E-state index contributed by atoms with van der Waals surface area (Å²) in [4.78, 5) is 21.5. The molecule has 8 N–H and O–H groups in total. The van der Waals surface area contributed by atoms with E-state index >= 15 is 0 Å². The van der Waals surface area contributed by atoms with Crippen molar-refractivity contribution in [3.8, 4) is 0 Å². The van der Waals surface area contributed by atoms with Crippen LogP contribution in [0.2, 0.25) is 0 Å². The number of carboxylic acid groups (broad SMARTS) is 1. The molecule has 0 saturated carbocycles. The lowest BCUT2D eigenvalue weighted by atomic mass is 10.1. The molecule has 0 radical (unpaired) electrons. The van der Waals surface area contributed by atoms with Crippen molar-refractivity contribution in [3.05, 3.63) is 0 Å². The van der Waals surface area contributed by atoms with E-state index < -0.39 is 28.3 Å². The van der Waals surface area contributed by atoms with Crippen LogP contribution < -0.4 is 16.8 Å².